The predicted molar refractivity (Wildman–Crippen MR) is 112 cm³/mol. The first-order valence-electron chi connectivity index (χ1n) is 8.85. The van der Waals surface area contributed by atoms with Crippen LogP contribution in [0.4, 0.5) is 5.13 Å². The normalized spacial score (nSPS) is 21.9. The number of fused-ring (bicyclic) bond motifs is 1. The Morgan fingerprint density at radius 2 is 2.22 bits per heavy atom. The maximum Gasteiger partial charge on any atom is 0.231 e. The highest BCUT2D eigenvalue weighted by atomic mass is 35.5. The average molecular weight is 433 g/mol. The SMILES string of the molecule is CCN1CCc2nc(NC(=O)[C@H]3CNC[C@@H]3c3cnn(C)c3)sc2C1.Cl.Cl. The van der Waals surface area contributed by atoms with Crippen molar-refractivity contribution in [1.29, 1.82) is 0 Å². The number of carbonyl (C=O) groups excluding carboxylic acids is 1. The van der Waals surface area contributed by atoms with Crippen molar-refractivity contribution in [2.24, 2.45) is 13.0 Å². The Balaban J connectivity index is 0.00000131. The van der Waals surface area contributed by atoms with Crippen molar-refractivity contribution in [1.82, 2.24) is 25.0 Å². The van der Waals surface area contributed by atoms with E-state index in [0.717, 1.165) is 49.0 Å². The molecule has 0 radical (unpaired) electrons. The van der Waals surface area contributed by atoms with E-state index in [1.165, 1.54) is 4.88 Å². The van der Waals surface area contributed by atoms with Gasteiger partial charge in [-0.2, -0.15) is 5.10 Å². The van der Waals surface area contributed by atoms with Gasteiger partial charge in [0.1, 0.15) is 0 Å². The number of aromatic nitrogens is 3. The molecule has 0 spiro atoms. The molecule has 4 rings (SSSR count). The summed E-state index contributed by atoms with van der Waals surface area (Å²) >= 11 is 1.62. The van der Waals surface area contributed by atoms with Gasteiger partial charge in [-0.1, -0.05) is 6.92 Å². The van der Waals surface area contributed by atoms with E-state index >= 15 is 0 Å². The molecular formula is C17H26Cl2N6OS. The molecule has 0 aromatic carbocycles. The van der Waals surface area contributed by atoms with Crippen LogP contribution in [-0.4, -0.2) is 51.8 Å². The third kappa shape index (κ3) is 4.63. The fourth-order valence-electron chi connectivity index (χ4n) is 3.71. The van der Waals surface area contributed by atoms with Crippen LogP contribution >= 0.6 is 36.2 Å². The largest absolute Gasteiger partial charge is 0.315 e. The molecular weight excluding hydrogens is 407 g/mol. The number of anilines is 1. The van der Waals surface area contributed by atoms with Gasteiger partial charge in [0.05, 0.1) is 17.8 Å². The molecule has 4 heterocycles. The molecule has 2 aliphatic heterocycles. The van der Waals surface area contributed by atoms with Gasteiger partial charge in [0.15, 0.2) is 5.13 Å². The van der Waals surface area contributed by atoms with Crippen LogP contribution in [0.1, 0.15) is 29.0 Å². The molecule has 1 amide bonds. The number of nitrogens with one attached hydrogen (secondary N) is 2. The van der Waals surface area contributed by atoms with E-state index in [9.17, 15) is 4.79 Å². The van der Waals surface area contributed by atoms with E-state index in [1.807, 2.05) is 19.4 Å². The van der Waals surface area contributed by atoms with Gasteiger partial charge in [0, 0.05) is 56.6 Å². The van der Waals surface area contributed by atoms with E-state index in [2.05, 4.69) is 32.5 Å². The average Bonchev–Trinajstić information content (AvgIpc) is 3.31. The van der Waals surface area contributed by atoms with Crippen LogP contribution in [0.25, 0.3) is 0 Å². The predicted octanol–water partition coefficient (Wildman–Crippen LogP) is 2.04. The Bertz CT molecular complexity index is 779. The topological polar surface area (TPSA) is 75.1 Å². The second-order valence-corrected chi connectivity index (χ2v) is 7.90. The Labute approximate surface area is 175 Å². The minimum absolute atomic E-state index is 0. The maximum absolute atomic E-state index is 12.8. The van der Waals surface area contributed by atoms with Gasteiger partial charge in [-0.15, -0.1) is 36.2 Å². The molecule has 1 fully saturated rings. The van der Waals surface area contributed by atoms with Gasteiger partial charge in [0.25, 0.3) is 0 Å². The minimum atomic E-state index is -0.0859. The summed E-state index contributed by atoms with van der Waals surface area (Å²) in [6.45, 7) is 6.74. The van der Waals surface area contributed by atoms with Crippen molar-refractivity contribution < 1.29 is 4.79 Å². The van der Waals surface area contributed by atoms with Crippen molar-refractivity contribution in [3.63, 3.8) is 0 Å². The highest BCUT2D eigenvalue weighted by Gasteiger charge is 2.35. The van der Waals surface area contributed by atoms with Crippen LogP contribution in [0.2, 0.25) is 0 Å². The van der Waals surface area contributed by atoms with Crippen LogP contribution < -0.4 is 10.6 Å². The van der Waals surface area contributed by atoms with Crippen molar-refractivity contribution in [2.75, 3.05) is 31.5 Å². The molecule has 7 nitrogen and oxygen atoms in total. The number of thiazole rings is 1. The number of hydrogen-bond acceptors (Lipinski definition) is 6. The summed E-state index contributed by atoms with van der Waals surface area (Å²) in [7, 11) is 1.90. The molecule has 150 valence electrons. The zero-order chi connectivity index (χ0) is 17.4. The first kappa shape index (κ1) is 22.1. The molecule has 27 heavy (non-hydrogen) atoms. The summed E-state index contributed by atoms with van der Waals surface area (Å²) in [6, 6.07) is 0. The minimum Gasteiger partial charge on any atom is -0.315 e. The fourth-order valence-corrected chi connectivity index (χ4v) is 4.76. The Hall–Kier alpha value is -1.19. The maximum atomic E-state index is 12.8. The van der Waals surface area contributed by atoms with Gasteiger partial charge in [-0.3, -0.25) is 14.4 Å². The van der Waals surface area contributed by atoms with Crippen LogP contribution in [0, 0.1) is 5.92 Å². The summed E-state index contributed by atoms with van der Waals surface area (Å²) in [6.07, 6.45) is 4.83. The quantitative estimate of drug-likeness (QED) is 0.772. The van der Waals surface area contributed by atoms with Crippen LogP contribution in [0.15, 0.2) is 12.4 Å². The van der Waals surface area contributed by atoms with Crippen LogP contribution in [0.5, 0.6) is 0 Å². The molecule has 0 aliphatic carbocycles. The smallest absolute Gasteiger partial charge is 0.231 e. The number of amides is 1. The number of likely N-dealkylation sites (N-methyl/N-ethyl adjacent to an activating group) is 1. The number of rotatable bonds is 4. The summed E-state index contributed by atoms with van der Waals surface area (Å²) in [5.41, 5.74) is 2.27. The lowest BCUT2D eigenvalue weighted by molar-refractivity contribution is -0.119. The van der Waals surface area contributed by atoms with Gasteiger partial charge in [-0.25, -0.2) is 4.98 Å². The van der Waals surface area contributed by atoms with E-state index in [-0.39, 0.29) is 42.6 Å². The lowest BCUT2D eigenvalue weighted by Crippen LogP contribution is -2.29. The van der Waals surface area contributed by atoms with Crippen LogP contribution in [0.3, 0.4) is 0 Å². The van der Waals surface area contributed by atoms with Crippen molar-refractivity contribution in [2.45, 2.75) is 25.8 Å². The van der Waals surface area contributed by atoms with Gasteiger partial charge in [-0.05, 0) is 12.1 Å². The molecule has 2 N–H and O–H groups in total. The molecule has 0 bridgehead atoms. The molecule has 0 unspecified atom stereocenters. The van der Waals surface area contributed by atoms with Crippen LogP contribution in [-0.2, 0) is 24.8 Å². The second-order valence-electron chi connectivity index (χ2n) is 6.82. The van der Waals surface area contributed by atoms with Crippen molar-refractivity contribution in [3.8, 4) is 0 Å². The third-order valence-corrected chi connectivity index (χ3v) is 6.19. The van der Waals surface area contributed by atoms with E-state index < -0.39 is 0 Å². The van der Waals surface area contributed by atoms with Crippen molar-refractivity contribution in [3.05, 3.63) is 28.5 Å². The molecule has 2 aromatic heterocycles. The Kier molecular flexibility index (Phi) is 7.64. The van der Waals surface area contributed by atoms with E-state index in [0.29, 0.717) is 6.54 Å². The summed E-state index contributed by atoms with van der Waals surface area (Å²) in [5.74, 6) is 0.133. The highest BCUT2D eigenvalue weighted by Crippen LogP contribution is 2.31. The molecule has 2 atom stereocenters. The molecule has 0 saturated carbocycles. The molecule has 2 aliphatic rings. The monoisotopic (exact) mass is 432 g/mol. The number of nitrogens with zero attached hydrogens (tertiary/aromatic N) is 4. The summed E-state index contributed by atoms with van der Waals surface area (Å²) in [4.78, 5) is 21.2. The number of hydrogen-bond donors (Lipinski definition) is 2. The van der Waals surface area contributed by atoms with E-state index in [4.69, 9.17) is 0 Å². The number of carbonyl (C=O) groups is 1. The Morgan fingerprint density at radius 1 is 1.41 bits per heavy atom. The number of halogens is 2. The lowest BCUT2D eigenvalue weighted by Gasteiger charge is -2.23. The molecule has 1 saturated heterocycles. The van der Waals surface area contributed by atoms with E-state index in [1.54, 1.807) is 16.0 Å². The first-order valence-corrected chi connectivity index (χ1v) is 9.66. The second kappa shape index (κ2) is 9.34. The fraction of sp³-hybridized carbons (Fsp3) is 0.588. The Morgan fingerprint density at radius 3 is 2.93 bits per heavy atom. The summed E-state index contributed by atoms with van der Waals surface area (Å²) in [5, 5.41) is 11.4. The van der Waals surface area contributed by atoms with Gasteiger partial charge < -0.3 is 10.6 Å². The van der Waals surface area contributed by atoms with Gasteiger partial charge in [0.2, 0.25) is 5.91 Å². The molecule has 2 aromatic rings. The highest BCUT2D eigenvalue weighted by molar-refractivity contribution is 7.15. The van der Waals surface area contributed by atoms with Gasteiger partial charge >= 0.3 is 0 Å². The zero-order valence-electron chi connectivity index (χ0n) is 15.5. The number of aryl methyl sites for hydroxylation is 1. The van der Waals surface area contributed by atoms with Crippen molar-refractivity contribution >= 4 is 47.2 Å². The summed E-state index contributed by atoms with van der Waals surface area (Å²) < 4.78 is 1.79. The zero-order valence-corrected chi connectivity index (χ0v) is 17.9. The third-order valence-electron chi connectivity index (χ3n) is 5.19. The standard InChI is InChI=1S/C17H24N6OS.2ClH/c1-3-23-5-4-14-15(10-23)25-17(20-14)21-16(24)13-8-18-7-12(13)11-6-19-22(2)9-11;;/h6,9,12-13,18H,3-5,7-8,10H2,1-2H3,(H,20,21,24);2*1H/t12-,13+;;/m1../s1. The first-order chi connectivity index (χ1) is 12.1. The molecule has 10 heteroatoms. The lowest BCUT2D eigenvalue weighted by atomic mass is 9.90.